The van der Waals surface area contributed by atoms with Crippen molar-refractivity contribution in [2.24, 2.45) is 5.41 Å². The third-order valence-corrected chi connectivity index (χ3v) is 2.78. The van der Waals surface area contributed by atoms with Gasteiger partial charge in [-0.1, -0.05) is 32.9 Å². The van der Waals surface area contributed by atoms with Gasteiger partial charge in [0.05, 0.1) is 6.10 Å². The molecule has 1 N–H and O–H groups in total. The van der Waals surface area contributed by atoms with Crippen LogP contribution in [-0.2, 0) is 4.74 Å². The van der Waals surface area contributed by atoms with Crippen molar-refractivity contribution in [3.05, 3.63) is 35.6 Å². The average Bonchev–Trinajstić information content (AvgIpc) is 2.26. The van der Waals surface area contributed by atoms with E-state index >= 15 is 0 Å². The summed E-state index contributed by atoms with van der Waals surface area (Å²) >= 11 is 0. The van der Waals surface area contributed by atoms with Crippen LogP contribution < -0.4 is 5.32 Å². The van der Waals surface area contributed by atoms with Crippen LogP contribution in [0.1, 0.15) is 38.9 Å². The smallest absolute Gasteiger partial charge is 0.123 e. The van der Waals surface area contributed by atoms with Gasteiger partial charge >= 0.3 is 0 Å². The second-order valence-corrected chi connectivity index (χ2v) is 5.78. The van der Waals surface area contributed by atoms with Gasteiger partial charge in [0.25, 0.3) is 0 Å². The third-order valence-electron chi connectivity index (χ3n) is 2.78. The maximum atomic E-state index is 13.2. The summed E-state index contributed by atoms with van der Waals surface area (Å²) in [7, 11) is 1.87. The lowest BCUT2D eigenvalue weighted by molar-refractivity contribution is 0.0379. The van der Waals surface area contributed by atoms with E-state index in [9.17, 15) is 4.39 Å². The molecule has 0 spiro atoms. The van der Waals surface area contributed by atoms with Gasteiger partial charge in [-0.2, -0.15) is 0 Å². The van der Waals surface area contributed by atoms with Gasteiger partial charge < -0.3 is 10.1 Å². The monoisotopic (exact) mass is 253 g/mol. The number of likely N-dealkylation sites (N-methyl/N-ethyl adjacent to an activating group) is 1. The maximum absolute atomic E-state index is 13.2. The van der Waals surface area contributed by atoms with Crippen molar-refractivity contribution in [1.29, 1.82) is 0 Å². The minimum absolute atomic E-state index is 0.0898. The first kappa shape index (κ1) is 15.1. The van der Waals surface area contributed by atoms with Crippen LogP contribution >= 0.6 is 0 Å². The van der Waals surface area contributed by atoms with Crippen molar-refractivity contribution in [3.8, 4) is 0 Å². The number of halogens is 1. The van der Waals surface area contributed by atoms with Gasteiger partial charge in [0.2, 0.25) is 0 Å². The molecule has 0 bridgehead atoms. The molecule has 0 saturated carbocycles. The second kappa shape index (κ2) is 6.86. The fourth-order valence-corrected chi connectivity index (χ4v) is 1.67. The molecule has 0 aliphatic heterocycles. The van der Waals surface area contributed by atoms with Crippen LogP contribution in [-0.4, -0.2) is 20.2 Å². The molecule has 0 fully saturated rings. The molecule has 0 radical (unpaired) electrons. The SMILES string of the molecule is CNCC(OCCC(C)(C)C)c1cccc(F)c1. The van der Waals surface area contributed by atoms with Crippen LogP contribution in [0.2, 0.25) is 0 Å². The normalized spacial score (nSPS) is 13.6. The molecular formula is C15H24FNO. The van der Waals surface area contributed by atoms with E-state index < -0.39 is 0 Å². The molecule has 0 aliphatic carbocycles. The molecule has 2 nitrogen and oxygen atoms in total. The van der Waals surface area contributed by atoms with Crippen LogP contribution in [0.4, 0.5) is 4.39 Å². The number of ether oxygens (including phenoxy) is 1. The first-order valence-corrected chi connectivity index (χ1v) is 6.44. The fourth-order valence-electron chi connectivity index (χ4n) is 1.67. The molecule has 18 heavy (non-hydrogen) atoms. The number of nitrogens with one attached hydrogen (secondary N) is 1. The molecule has 1 atom stereocenters. The van der Waals surface area contributed by atoms with Crippen LogP contribution in [0.5, 0.6) is 0 Å². The van der Waals surface area contributed by atoms with Crippen LogP contribution in [0.15, 0.2) is 24.3 Å². The minimum atomic E-state index is -0.215. The quantitative estimate of drug-likeness (QED) is 0.837. The highest BCUT2D eigenvalue weighted by atomic mass is 19.1. The summed E-state index contributed by atoms with van der Waals surface area (Å²) in [5, 5.41) is 3.09. The van der Waals surface area contributed by atoms with Crippen molar-refractivity contribution in [3.63, 3.8) is 0 Å². The lowest BCUT2D eigenvalue weighted by Gasteiger charge is -2.22. The molecule has 1 aromatic carbocycles. The van der Waals surface area contributed by atoms with E-state index in [4.69, 9.17) is 4.74 Å². The predicted octanol–water partition coefficient (Wildman–Crippen LogP) is 3.54. The molecule has 0 amide bonds. The zero-order chi connectivity index (χ0) is 13.6. The van der Waals surface area contributed by atoms with Crippen LogP contribution in [0, 0.1) is 11.2 Å². The molecule has 3 heteroatoms. The van der Waals surface area contributed by atoms with E-state index in [1.54, 1.807) is 12.1 Å². The summed E-state index contributed by atoms with van der Waals surface area (Å²) in [5.41, 5.74) is 1.14. The average molecular weight is 253 g/mol. The van der Waals surface area contributed by atoms with Crippen molar-refractivity contribution < 1.29 is 9.13 Å². The van der Waals surface area contributed by atoms with E-state index in [1.165, 1.54) is 6.07 Å². The van der Waals surface area contributed by atoms with E-state index in [0.29, 0.717) is 13.2 Å². The van der Waals surface area contributed by atoms with Crippen LogP contribution in [0.25, 0.3) is 0 Å². The van der Waals surface area contributed by atoms with E-state index in [-0.39, 0.29) is 17.3 Å². The van der Waals surface area contributed by atoms with Crippen molar-refractivity contribution >= 4 is 0 Å². The summed E-state index contributed by atoms with van der Waals surface area (Å²) in [5.74, 6) is -0.215. The molecule has 0 saturated heterocycles. The fraction of sp³-hybridized carbons (Fsp3) is 0.600. The van der Waals surface area contributed by atoms with Gasteiger partial charge in [0.1, 0.15) is 5.82 Å². The Bertz CT molecular complexity index is 360. The van der Waals surface area contributed by atoms with Gasteiger partial charge in [-0.25, -0.2) is 4.39 Å². The maximum Gasteiger partial charge on any atom is 0.123 e. The highest BCUT2D eigenvalue weighted by molar-refractivity contribution is 5.19. The summed E-state index contributed by atoms with van der Waals surface area (Å²) in [6, 6.07) is 6.62. The Hall–Kier alpha value is -0.930. The molecular weight excluding hydrogens is 229 g/mol. The van der Waals surface area contributed by atoms with E-state index in [2.05, 4.69) is 26.1 Å². The molecule has 0 aromatic heterocycles. The second-order valence-electron chi connectivity index (χ2n) is 5.78. The lowest BCUT2D eigenvalue weighted by Crippen LogP contribution is -2.21. The topological polar surface area (TPSA) is 21.3 Å². The predicted molar refractivity (Wildman–Crippen MR) is 73.1 cm³/mol. The van der Waals surface area contributed by atoms with Gasteiger partial charge in [-0.3, -0.25) is 0 Å². The Labute approximate surface area is 110 Å². The van der Waals surface area contributed by atoms with E-state index in [1.807, 2.05) is 13.1 Å². The Morgan fingerprint density at radius 2 is 2.06 bits per heavy atom. The summed E-state index contributed by atoms with van der Waals surface area (Å²) in [6.45, 7) is 7.93. The third kappa shape index (κ3) is 5.61. The molecule has 0 heterocycles. The highest BCUT2D eigenvalue weighted by Crippen LogP contribution is 2.22. The number of benzene rings is 1. The van der Waals surface area contributed by atoms with Gasteiger partial charge in [-0.05, 0) is 36.6 Å². The Balaban J connectivity index is 2.60. The number of rotatable bonds is 6. The van der Waals surface area contributed by atoms with Crippen molar-refractivity contribution in [2.75, 3.05) is 20.2 Å². The van der Waals surface area contributed by atoms with Gasteiger partial charge in [0, 0.05) is 13.2 Å². The summed E-state index contributed by atoms with van der Waals surface area (Å²) in [4.78, 5) is 0. The minimum Gasteiger partial charge on any atom is -0.372 e. The van der Waals surface area contributed by atoms with Crippen LogP contribution in [0.3, 0.4) is 0 Å². The molecule has 1 rings (SSSR count). The standard InChI is InChI=1S/C15H24FNO/c1-15(2,3)8-9-18-14(11-17-4)12-6-5-7-13(16)10-12/h5-7,10,14,17H,8-9,11H2,1-4H3. The summed E-state index contributed by atoms with van der Waals surface area (Å²) in [6.07, 6.45) is 0.899. The van der Waals surface area contributed by atoms with Gasteiger partial charge in [0.15, 0.2) is 0 Å². The molecule has 0 aliphatic rings. The molecule has 1 unspecified atom stereocenters. The zero-order valence-corrected chi connectivity index (χ0v) is 11.8. The lowest BCUT2D eigenvalue weighted by atomic mass is 9.93. The first-order valence-electron chi connectivity index (χ1n) is 6.44. The zero-order valence-electron chi connectivity index (χ0n) is 11.8. The van der Waals surface area contributed by atoms with E-state index in [0.717, 1.165) is 12.0 Å². The van der Waals surface area contributed by atoms with Crippen molar-refractivity contribution in [2.45, 2.75) is 33.3 Å². The number of hydrogen-bond acceptors (Lipinski definition) is 2. The Kier molecular flexibility index (Phi) is 5.76. The Morgan fingerprint density at radius 1 is 1.33 bits per heavy atom. The largest absolute Gasteiger partial charge is 0.372 e. The molecule has 1 aromatic rings. The van der Waals surface area contributed by atoms with Gasteiger partial charge in [-0.15, -0.1) is 0 Å². The Morgan fingerprint density at radius 3 is 2.61 bits per heavy atom. The molecule has 102 valence electrons. The van der Waals surface area contributed by atoms with Crippen molar-refractivity contribution in [1.82, 2.24) is 5.32 Å². The summed E-state index contributed by atoms with van der Waals surface area (Å²) < 4.78 is 19.1. The first-order chi connectivity index (χ1) is 8.42. The number of hydrogen-bond donors (Lipinski definition) is 1. The highest BCUT2D eigenvalue weighted by Gasteiger charge is 2.15.